The van der Waals surface area contributed by atoms with E-state index in [0.717, 1.165) is 17.6 Å². The van der Waals surface area contributed by atoms with Gasteiger partial charge in [-0.05, 0) is 30.5 Å². The normalized spacial score (nSPS) is 10.6. The molecule has 1 aromatic carbocycles. The highest BCUT2D eigenvalue weighted by Crippen LogP contribution is 2.24. The summed E-state index contributed by atoms with van der Waals surface area (Å²) in [7, 11) is 0. The maximum atomic E-state index is 10.5. The summed E-state index contributed by atoms with van der Waals surface area (Å²) in [4.78, 5) is 11.8. The number of carbonyl (C=O) groups is 1. The average molecular weight is 208 g/mol. The Morgan fingerprint density at radius 2 is 2.14 bits per heavy atom. The van der Waals surface area contributed by atoms with Crippen LogP contribution in [-0.2, 0) is 0 Å². The molecule has 0 saturated heterocycles. The van der Waals surface area contributed by atoms with E-state index in [0.29, 0.717) is 5.92 Å². The molecule has 0 N–H and O–H groups in total. The van der Waals surface area contributed by atoms with Crippen LogP contribution in [0.5, 0.6) is 0 Å². The third-order valence-electron chi connectivity index (χ3n) is 1.91. The third kappa shape index (κ3) is 3.18. The first-order chi connectivity index (χ1) is 6.63. The van der Waals surface area contributed by atoms with Gasteiger partial charge in [0, 0.05) is 16.2 Å². The minimum Gasteiger partial charge on any atom is -0.298 e. The van der Waals surface area contributed by atoms with Crippen LogP contribution in [0.15, 0.2) is 23.1 Å². The Bertz CT molecular complexity index is 318. The minimum absolute atomic E-state index is 0.699. The first-order valence-electron chi connectivity index (χ1n) is 4.82. The van der Waals surface area contributed by atoms with E-state index in [2.05, 4.69) is 20.8 Å². The Labute approximate surface area is 89.9 Å². The quantitative estimate of drug-likeness (QED) is 0.556. The second-order valence-corrected chi connectivity index (χ2v) is 4.91. The lowest BCUT2D eigenvalue weighted by atomic mass is 10.2. The largest absolute Gasteiger partial charge is 0.298 e. The van der Waals surface area contributed by atoms with Gasteiger partial charge in [0.1, 0.15) is 6.29 Å². The number of rotatable bonds is 4. The molecule has 0 fully saturated rings. The maximum absolute atomic E-state index is 10.5. The SMILES string of the molecule is Cc1cc(C=O)ccc1SCC(C)C. The highest BCUT2D eigenvalue weighted by Gasteiger charge is 2.01. The van der Waals surface area contributed by atoms with Crippen molar-refractivity contribution in [1.82, 2.24) is 0 Å². The standard InChI is InChI=1S/C12H16OS/c1-9(2)8-14-12-5-4-11(7-13)6-10(12)3/h4-7,9H,8H2,1-3H3. The second kappa shape index (κ2) is 5.20. The van der Waals surface area contributed by atoms with Crippen molar-refractivity contribution >= 4 is 18.0 Å². The molecule has 2 heteroatoms. The van der Waals surface area contributed by atoms with Crippen molar-refractivity contribution in [3.63, 3.8) is 0 Å². The number of benzene rings is 1. The molecule has 1 nitrogen and oxygen atoms in total. The molecule has 0 radical (unpaired) electrons. The van der Waals surface area contributed by atoms with Crippen LogP contribution in [0.3, 0.4) is 0 Å². The van der Waals surface area contributed by atoms with Gasteiger partial charge in [-0.25, -0.2) is 0 Å². The number of thioether (sulfide) groups is 1. The number of aldehydes is 1. The molecule has 0 aromatic heterocycles. The van der Waals surface area contributed by atoms with Crippen molar-refractivity contribution < 1.29 is 4.79 Å². The van der Waals surface area contributed by atoms with Gasteiger partial charge in [0.05, 0.1) is 0 Å². The summed E-state index contributed by atoms with van der Waals surface area (Å²) < 4.78 is 0. The van der Waals surface area contributed by atoms with Gasteiger partial charge >= 0.3 is 0 Å². The summed E-state index contributed by atoms with van der Waals surface area (Å²) in [6.07, 6.45) is 0.893. The van der Waals surface area contributed by atoms with E-state index in [9.17, 15) is 4.79 Å². The molecule has 0 unspecified atom stereocenters. The van der Waals surface area contributed by atoms with Crippen molar-refractivity contribution in [3.05, 3.63) is 29.3 Å². The van der Waals surface area contributed by atoms with E-state index in [1.54, 1.807) is 0 Å². The molecule has 0 amide bonds. The molecule has 0 bridgehead atoms. The number of aryl methyl sites for hydroxylation is 1. The molecular weight excluding hydrogens is 192 g/mol. The lowest BCUT2D eigenvalue weighted by Gasteiger charge is -2.07. The maximum Gasteiger partial charge on any atom is 0.150 e. The third-order valence-corrected chi connectivity index (χ3v) is 3.51. The lowest BCUT2D eigenvalue weighted by molar-refractivity contribution is 0.112. The fourth-order valence-corrected chi connectivity index (χ4v) is 2.13. The van der Waals surface area contributed by atoms with Crippen LogP contribution in [0.4, 0.5) is 0 Å². The summed E-state index contributed by atoms with van der Waals surface area (Å²) >= 11 is 1.86. The number of hydrogen-bond acceptors (Lipinski definition) is 2. The van der Waals surface area contributed by atoms with Gasteiger partial charge < -0.3 is 0 Å². The zero-order valence-electron chi connectivity index (χ0n) is 8.91. The van der Waals surface area contributed by atoms with Gasteiger partial charge in [-0.2, -0.15) is 0 Å². The Hall–Kier alpha value is -0.760. The molecule has 0 aliphatic carbocycles. The first-order valence-corrected chi connectivity index (χ1v) is 5.80. The molecule has 1 aromatic rings. The van der Waals surface area contributed by atoms with Crippen LogP contribution >= 0.6 is 11.8 Å². The Kier molecular flexibility index (Phi) is 4.21. The van der Waals surface area contributed by atoms with Crippen LogP contribution in [0.1, 0.15) is 29.8 Å². The average Bonchev–Trinajstić information content (AvgIpc) is 2.15. The zero-order valence-corrected chi connectivity index (χ0v) is 9.73. The van der Waals surface area contributed by atoms with Crippen LogP contribution in [0.25, 0.3) is 0 Å². The number of carbonyl (C=O) groups excluding carboxylic acids is 1. The lowest BCUT2D eigenvalue weighted by Crippen LogP contribution is -1.92. The second-order valence-electron chi connectivity index (χ2n) is 3.85. The van der Waals surface area contributed by atoms with Crippen molar-refractivity contribution in [2.75, 3.05) is 5.75 Å². The monoisotopic (exact) mass is 208 g/mol. The summed E-state index contributed by atoms with van der Waals surface area (Å²) in [6.45, 7) is 6.47. The smallest absolute Gasteiger partial charge is 0.150 e. The molecule has 0 spiro atoms. The topological polar surface area (TPSA) is 17.1 Å². The van der Waals surface area contributed by atoms with Crippen LogP contribution in [0.2, 0.25) is 0 Å². The van der Waals surface area contributed by atoms with E-state index in [1.807, 2.05) is 30.0 Å². The van der Waals surface area contributed by atoms with E-state index < -0.39 is 0 Å². The van der Waals surface area contributed by atoms with Gasteiger partial charge in [-0.3, -0.25) is 4.79 Å². The Morgan fingerprint density at radius 1 is 1.43 bits per heavy atom. The van der Waals surface area contributed by atoms with Crippen molar-refractivity contribution in [1.29, 1.82) is 0 Å². The van der Waals surface area contributed by atoms with Gasteiger partial charge in [0.2, 0.25) is 0 Å². The summed E-state index contributed by atoms with van der Waals surface area (Å²) in [6, 6.07) is 5.85. The van der Waals surface area contributed by atoms with Crippen LogP contribution in [0, 0.1) is 12.8 Å². The molecule has 0 aliphatic rings. The van der Waals surface area contributed by atoms with E-state index in [1.165, 1.54) is 10.5 Å². The van der Waals surface area contributed by atoms with Gasteiger partial charge in [-0.1, -0.05) is 19.9 Å². The predicted molar refractivity (Wildman–Crippen MR) is 62.1 cm³/mol. The van der Waals surface area contributed by atoms with Crippen LogP contribution in [-0.4, -0.2) is 12.0 Å². The van der Waals surface area contributed by atoms with E-state index >= 15 is 0 Å². The van der Waals surface area contributed by atoms with Crippen molar-refractivity contribution in [2.45, 2.75) is 25.7 Å². The van der Waals surface area contributed by atoms with E-state index in [-0.39, 0.29) is 0 Å². The summed E-state index contributed by atoms with van der Waals surface area (Å²) in [5.41, 5.74) is 1.96. The first kappa shape index (κ1) is 11.3. The summed E-state index contributed by atoms with van der Waals surface area (Å²) in [5.74, 6) is 1.83. The van der Waals surface area contributed by atoms with Crippen molar-refractivity contribution in [3.8, 4) is 0 Å². The van der Waals surface area contributed by atoms with Crippen molar-refractivity contribution in [2.24, 2.45) is 5.92 Å². The highest BCUT2D eigenvalue weighted by atomic mass is 32.2. The molecule has 0 aliphatic heterocycles. The molecule has 1 rings (SSSR count). The highest BCUT2D eigenvalue weighted by molar-refractivity contribution is 7.99. The predicted octanol–water partition coefficient (Wildman–Crippen LogP) is 3.56. The molecule has 0 atom stereocenters. The zero-order chi connectivity index (χ0) is 10.6. The minimum atomic E-state index is 0.699. The van der Waals surface area contributed by atoms with Gasteiger partial charge in [-0.15, -0.1) is 11.8 Å². The fourth-order valence-electron chi connectivity index (χ4n) is 1.16. The Morgan fingerprint density at radius 3 is 2.64 bits per heavy atom. The Balaban J connectivity index is 2.73. The molecule has 0 heterocycles. The van der Waals surface area contributed by atoms with Gasteiger partial charge in [0.15, 0.2) is 0 Å². The summed E-state index contributed by atoms with van der Waals surface area (Å²) in [5, 5.41) is 0. The molecular formula is C12H16OS. The number of hydrogen-bond donors (Lipinski definition) is 0. The van der Waals surface area contributed by atoms with Gasteiger partial charge in [0.25, 0.3) is 0 Å². The molecule has 14 heavy (non-hydrogen) atoms. The van der Waals surface area contributed by atoms with Crippen LogP contribution < -0.4 is 0 Å². The van der Waals surface area contributed by atoms with E-state index in [4.69, 9.17) is 0 Å². The molecule has 76 valence electrons. The fraction of sp³-hybridized carbons (Fsp3) is 0.417. The molecule has 0 saturated carbocycles.